The molecule has 2 rings (SSSR count). The van der Waals surface area contributed by atoms with Gasteiger partial charge in [-0.2, -0.15) is 0 Å². The third-order valence-corrected chi connectivity index (χ3v) is 4.80. The van der Waals surface area contributed by atoms with Crippen LogP contribution in [0.4, 0.5) is 14.5 Å². The number of carbonyl (C=O) groups excluding carboxylic acids is 1. The minimum atomic E-state index is -3.51. The average Bonchev–Trinajstić information content (AvgIpc) is 2.57. The maximum absolute atomic E-state index is 13.4. The number of halogens is 2. The number of hydrogen-bond donors (Lipinski definition) is 2. The van der Waals surface area contributed by atoms with Crippen LogP contribution in [0.15, 0.2) is 47.4 Å². The van der Waals surface area contributed by atoms with E-state index in [9.17, 15) is 22.0 Å². The monoisotopic (exact) mass is 354 g/mol. The summed E-state index contributed by atoms with van der Waals surface area (Å²) in [5.74, 6) is -2.22. The van der Waals surface area contributed by atoms with Gasteiger partial charge < -0.3 is 5.32 Å². The van der Waals surface area contributed by atoms with Crippen LogP contribution in [-0.2, 0) is 21.2 Å². The first-order valence-electron chi connectivity index (χ1n) is 7.10. The molecule has 2 N–H and O–H groups in total. The number of nitrogens with one attached hydrogen (secondary N) is 2. The van der Waals surface area contributed by atoms with Crippen LogP contribution in [-0.4, -0.2) is 21.4 Å². The van der Waals surface area contributed by atoms with Crippen LogP contribution >= 0.6 is 0 Å². The Bertz CT molecular complexity index is 817. The van der Waals surface area contributed by atoms with E-state index < -0.39 is 33.3 Å². The maximum Gasteiger partial charge on any atom is 0.240 e. The summed E-state index contributed by atoms with van der Waals surface area (Å²) in [6, 6.07) is 9.34. The van der Waals surface area contributed by atoms with E-state index in [1.165, 1.54) is 25.2 Å². The zero-order valence-electron chi connectivity index (χ0n) is 12.8. The highest BCUT2D eigenvalue weighted by molar-refractivity contribution is 7.89. The Morgan fingerprint density at radius 2 is 1.62 bits per heavy atom. The van der Waals surface area contributed by atoms with Crippen LogP contribution in [0, 0.1) is 11.6 Å². The van der Waals surface area contributed by atoms with Crippen molar-refractivity contribution < 1.29 is 22.0 Å². The van der Waals surface area contributed by atoms with Gasteiger partial charge in [-0.1, -0.05) is 18.2 Å². The van der Waals surface area contributed by atoms with Crippen molar-refractivity contribution >= 4 is 21.6 Å². The molecule has 5 nitrogen and oxygen atoms in total. The molecule has 8 heteroatoms. The van der Waals surface area contributed by atoms with Gasteiger partial charge in [-0.25, -0.2) is 21.9 Å². The molecule has 0 atom stereocenters. The molecule has 0 aliphatic heterocycles. The van der Waals surface area contributed by atoms with Gasteiger partial charge in [-0.05, 0) is 43.3 Å². The van der Waals surface area contributed by atoms with Crippen molar-refractivity contribution in [3.63, 3.8) is 0 Å². The number of sulfonamides is 1. The molecule has 0 unspecified atom stereocenters. The van der Waals surface area contributed by atoms with Crippen molar-refractivity contribution in [2.75, 3.05) is 12.4 Å². The molecule has 1 amide bonds. The minimum absolute atomic E-state index is 0.00585. The first kappa shape index (κ1) is 18.0. The first-order valence-corrected chi connectivity index (χ1v) is 8.58. The largest absolute Gasteiger partial charge is 0.321 e. The Morgan fingerprint density at radius 1 is 1.04 bits per heavy atom. The number of carbonyl (C=O) groups is 1. The maximum atomic E-state index is 13.4. The van der Waals surface area contributed by atoms with Gasteiger partial charge in [-0.15, -0.1) is 0 Å². The van der Waals surface area contributed by atoms with Crippen LogP contribution in [0.3, 0.4) is 0 Å². The van der Waals surface area contributed by atoms with Gasteiger partial charge in [0.05, 0.1) is 4.90 Å². The van der Waals surface area contributed by atoms with E-state index in [0.717, 1.165) is 17.7 Å². The van der Waals surface area contributed by atoms with Gasteiger partial charge in [-0.3, -0.25) is 4.79 Å². The molecule has 0 aliphatic carbocycles. The van der Waals surface area contributed by atoms with E-state index in [1.807, 2.05) is 0 Å². The molecule has 0 saturated heterocycles. The number of rotatable bonds is 6. The molecule has 0 fully saturated rings. The molecule has 0 radical (unpaired) electrons. The van der Waals surface area contributed by atoms with E-state index in [1.54, 1.807) is 12.1 Å². The smallest absolute Gasteiger partial charge is 0.240 e. The molecule has 24 heavy (non-hydrogen) atoms. The van der Waals surface area contributed by atoms with Crippen LogP contribution in [0.5, 0.6) is 0 Å². The van der Waals surface area contributed by atoms with Crippen molar-refractivity contribution in [3.05, 3.63) is 59.7 Å². The van der Waals surface area contributed by atoms with Crippen LogP contribution in [0.1, 0.15) is 12.0 Å². The molecule has 0 aliphatic rings. The summed E-state index contributed by atoms with van der Waals surface area (Å²) in [4.78, 5) is 11.9. The fourth-order valence-corrected chi connectivity index (χ4v) is 2.76. The van der Waals surface area contributed by atoms with Crippen molar-refractivity contribution in [1.82, 2.24) is 4.72 Å². The topological polar surface area (TPSA) is 75.3 Å². The second kappa shape index (κ2) is 7.50. The molecule has 0 saturated carbocycles. The second-order valence-corrected chi connectivity index (χ2v) is 6.88. The van der Waals surface area contributed by atoms with Gasteiger partial charge in [0.25, 0.3) is 0 Å². The zero-order valence-corrected chi connectivity index (χ0v) is 13.7. The van der Waals surface area contributed by atoms with Crippen LogP contribution < -0.4 is 10.0 Å². The van der Waals surface area contributed by atoms with Gasteiger partial charge in [0.15, 0.2) is 0 Å². The minimum Gasteiger partial charge on any atom is -0.321 e. The number of hydrogen-bond acceptors (Lipinski definition) is 3. The van der Waals surface area contributed by atoms with Gasteiger partial charge in [0, 0.05) is 6.42 Å². The van der Waals surface area contributed by atoms with Gasteiger partial charge >= 0.3 is 0 Å². The van der Waals surface area contributed by atoms with E-state index in [0.29, 0.717) is 6.42 Å². The van der Waals surface area contributed by atoms with Crippen LogP contribution in [0.25, 0.3) is 0 Å². The Hall–Kier alpha value is -2.32. The van der Waals surface area contributed by atoms with Crippen molar-refractivity contribution in [2.45, 2.75) is 17.7 Å². The Morgan fingerprint density at radius 3 is 2.17 bits per heavy atom. The van der Waals surface area contributed by atoms with E-state index in [2.05, 4.69) is 10.0 Å². The standard InChI is InChI=1S/C16H16F2N2O3S/c1-19-24(22,23)12-8-5-11(6-9-12)7-10-15(21)20-16-13(17)3-2-4-14(16)18/h2-6,8-9,19H,7,10H2,1H3,(H,20,21). The number of aryl methyl sites for hydroxylation is 1. The number of benzene rings is 2. The summed E-state index contributed by atoms with van der Waals surface area (Å²) in [7, 11) is -2.19. The quantitative estimate of drug-likeness (QED) is 0.837. The highest BCUT2D eigenvalue weighted by Gasteiger charge is 2.13. The number of para-hydroxylation sites is 1. The zero-order chi connectivity index (χ0) is 17.7. The van der Waals surface area contributed by atoms with Crippen LogP contribution in [0.2, 0.25) is 0 Å². The molecule has 2 aromatic rings. The lowest BCUT2D eigenvalue weighted by atomic mass is 10.1. The summed E-state index contributed by atoms with van der Waals surface area (Å²) in [5, 5.41) is 2.20. The first-order chi connectivity index (χ1) is 11.3. The molecular weight excluding hydrogens is 338 g/mol. The normalized spacial score (nSPS) is 11.3. The summed E-state index contributed by atoms with van der Waals surface area (Å²) >= 11 is 0. The summed E-state index contributed by atoms with van der Waals surface area (Å²) in [6.07, 6.45) is 0.313. The summed E-state index contributed by atoms with van der Waals surface area (Å²) in [5.41, 5.74) is 0.257. The fourth-order valence-electron chi connectivity index (χ4n) is 2.03. The third kappa shape index (κ3) is 4.36. The molecule has 128 valence electrons. The van der Waals surface area contributed by atoms with Crippen molar-refractivity contribution in [3.8, 4) is 0 Å². The van der Waals surface area contributed by atoms with E-state index in [-0.39, 0.29) is 11.3 Å². The second-order valence-electron chi connectivity index (χ2n) is 5.00. The highest BCUT2D eigenvalue weighted by atomic mass is 32.2. The lowest BCUT2D eigenvalue weighted by Gasteiger charge is -2.08. The van der Waals surface area contributed by atoms with E-state index >= 15 is 0 Å². The van der Waals surface area contributed by atoms with Crippen molar-refractivity contribution in [1.29, 1.82) is 0 Å². The molecule has 0 aromatic heterocycles. The number of amides is 1. The third-order valence-electron chi connectivity index (χ3n) is 3.37. The highest BCUT2D eigenvalue weighted by Crippen LogP contribution is 2.18. The van der Waals surface area contributed by atoms with Crippen molar-refractivity contribution in [2.24, 2.45) is 0 Å². The predicted molar refractivity (Wildman–Crippen MR) is 86.0 cm³/mol. The molecule has 0 heterocycles. The lowest BCUT2D eigenvalue weighted by Crippen LogP contribution is -2.18. The van der Waals surface area contributed by atoms with E-state index in [4.69, 9.17) is 0 Å². The summed E-state index contributed by atoms with van der Waals surface area (Å²) in [6.45, 7) is 0. The molecule has 0 bridgehead atoms. The Balaban J connectivity index is 1.97. The SMILES string of the molecule is CNS(=O)(=O)c1ccc(CCC(=O)Nc2c(F)cccc2F)cc1. The molecular formula is C16H16F2N2O3S. The predicted octanol–water partition coefficient (Wildman–Crippen LogP) is 2.44. The Kier molecular flexibility index (Phi) is 5.63. The average molecular weight is 354 g/mol. The lowest BCUT2D eigenvalue weighted by molar-refractivity contribution is -0.116. The van der Waals surface area contributed by atoms with Gasteiger partial charge in [0.2, 0.25) is 15.9 Å². The molecule has 2 aromatic carbocycles. The fraction of sp³-hybridized carbons (Fsp3) is 0.188. The molecule has 0 spiro atoms. The van der Waals surface area contributed by atoms with Gasteiger partial charge in [0.1, 0.15) is 17.3 Å². The Labute approximate surface area is 138 Å². The number of anilines is 1. The summed E-state index contributed by atoms with van der Waals surface area (Å²) < 4.78 is 52.3.